The summed E-state index contributed by atoms with van der Waals surface area (Å²) in [7, 11) is 1.64. The first-order valence-electron chi connectivity index (χ1n) is 9.31. The third-order valence-corrected chi connectivity index (χ3v) is 4.52. The summed E-state index contributed by atoms with van der Waals surface area (Å²) in [6.45, 7) is 6.13. The van der Waals surface area contributed by atoms with Gasteiger partial charge in [0.2, 0.25) is 0 Å². The average Bonchev–Trinajstić information content (AvgIpc) is 2.70. The highest BCUT2D eigenvalue weighted by Gasteiger charge is 2.22. The van der Waals surface area contributed by atoms with Gasteiger partial charge in [0, 0.05) is 0 Å². The van der Waals surface area contributed by atoms with Crippen LogP contribution in [-0.4, -0.2) is 19.1 Å². The second-order valence-corrected chi connectivity index (χ2v) is 6.25. The van der Waals surface area contributed by atoms with E-state index in [-0.39, 0.29) is 11.9 Å². The van der Waals surface area contributed by atoms with Gasteiger partial charge in [-0.25, -0.2) is 0 Å². The Morgan fingerprint density at radius 3 is 2.04 bits per heavy atom. The van der Waals surface area contributed by atoms with Gasteiger partial charge in [0.25, 0.3) is 5.91 Å². The largest absolute Gasteiger partial charge is 0.497 e. The van der Waals surface area contributed by atoms with E-state index in [1.54, 1.807) is 7.11 Å². The van der Waals surface area contributed by atoms with Crippen molar-refractivity contribution in [2.45, 2.75) is 52.2 Å². The monoisotopic (exact) mass is 355 g/mol. The van der Waals surface area contributed by atoms with Gasteiger partial charge in [0.1, 0.15) is 11.5 Å². The number of hydrogen-bond acceptors (Lipinski definition) is 3. The van der Waals surface area contributed by atoms with Crippen LogP contribution in [0.25, 0.3) is 0 Å². The molecular formula is C22H29NO3. The fourth-order valence-corrected chi connectivity index (χ4v) is 2.81. The van der Waals surface area contributed by atoms with E-state index < -0.39 is 6.10 Å². The van der Waals surface area contributed by atoms with E-state index in [9.17, 15) is 4.79 Å². The molecule has 2 aromatic carbocycles. The first kappa shape index (κ1) is 19.8. The number of aryl methyl sites for hydroxylation is 1. The standard InChI is InChI=1S/C22H29NO3/c1-5-16-8-12-19(13-9-16)26-21(7-3)22(24)23-20(6-2)17-10-14-18(25-4)15-11-17/h8-15,20-21H,5-7H2,1-4H3,(H,23,24)/t20-,21+/m1/s1. The molecule has 0 aliphatic carbocycles. The maximum atomic E-state index is 12.7. The zero-order valence-electron chi connectivity index (χ0n) is 16.1. The van der Waals surface area contributed by atoms with Gasteiger partial charge in [-0.15, -0.1) is 0 Å². The summed E-state index contributed by atoms with van der Waals surface area (Å²) in [6.07, 6.45) is 1.90. The Morgan fingerprint density at radius 1 is 0.923 bits per heavy atom. The van der Waals surface area contributed by atoms with Crippen molar-refractivity contribution in [1.29, 1.82) is 0 Å². The van der Waals surface area contributed by atoms with Crippen LogP contribution in [0.2, 0.25) is 0 Å². The van der Waals surface area contributed by atoms with E-state index in [0.29, 0.717) is 6.42 Å². The molecule has 0 fully saturated rings. The van der Waals surface area contributed by atoms with Crippen LogP contribution in [0.5, 0.6) is 11.5 Å². The van der Waals surface area contributed by atoms with Crippen molar-refractivity contribution in [2.75, 3.05) is 7.11 Å². The van der Waals surface area contributed by atoms with Crippen molar-refractivity contribution in [3.63, 3.8) is 0 Å². The topological polar surface area (TPSA) is 47.6 Å². The summed E-state index contributed by atoms with van der Waals surface area (Å²) in [6, 6.07) is 15.7. The van der Waals surface area contributed by atoms with Gasteiger partial charge >= 0.3 is 0 Å². The zero-order valence-corrected chi connectivity index (χ0v) is 16.1. The predicted octanol–water partition coefficient (Wildman–Crippen LogP) is 4.68. The van der Waals surface area contributed by atoms with Crippen molar-refractivity contribution in [2.24, 2.45) is 0 Å². The highest BCUT2D eigenvalue weighted by molar-refractivity contribution is 5.81. The lowest BCUT2D eigenvalue weighted by Gasteiger charge is -2.22. The molecule has 0 bridgehead atoms. The van der Waals surface area contributed by atoms with Gasteiger partial charge in [-0.3, -0.25) is 4.79 Å². The number of rotatable bonds is 9. The van der Waals surface area contributed by atoms with E-state index in [4.69, 9.17) is 9.47 Å². The van der Waals surface area contributed by atoms with Crippen LogP contribution >= 0.6 is 0 Å². The van der Waals surface area contributed by atoms with Crippen LogP contribution < -0.4 is 14.8 Å². The zero-order chi connectivity index (χ0) is 18.9. The van der Waals surface area contributed by atoms with E-state index in [1.165, 1.54) is 5.56 Å². The molecule has 2 atom stereocenters. The SMILES string of the molecule is CCc1ccc(O[C@@H](CC)C(=O)N[C@H](CC)c2ccc(OC)cc2)cc1. The molecular weight excluding hydrogens is 326 g/mol. The average molecular weight is 355 g/mol. The van der Waals surface area contributed by atoms with Crippen LogP contribution in [0.4, 0.5) is 0 Å². The third kappa shape index (κ3) is 5.25. The molecule has 0 unspecified atom stereocenters. The molecule has 2 aromatic rings. The van der Waals surface area contributed by atoms with E-state index in [0.717, 1.165) is 29.9 Å². The Kier molecular flexibility index (Phi) is 7.52. The lowest BCUT2D eigenvalue weighted by atomic mass is 10.0. The summed E-state index contributed by atoms with van der Waals surface area (Å²) in [5.41, 5.74) is 2.31. The number of ether oxygens (including phenoxy) is 2. The molecule has 0 heterocycles. The molecule has 0 radical (unpaired) electrons. The van der Waals surface area contributed by atoms with Gasteiger partial charge in [0.05, 0.1) is 13.2 Å². The summed E-state index contributed by atoms with van der Waals surface area (Å²) < 4.78 is 11.1. The van der Waals surface area contributed by atoms with Crippen molar-refractivity contribution in [3.8, 4) is 11.5 Å². The smallest absolute Gasteiger partial charge is 0.261 e. The first-order valence-corrected chi connectivity index (χ1v) is 9.31. The minimum absolute atomic E-state index is 0.0477. The minimum atomic E-state index is -0.505. The number of benzene rings is 2. The Labute approximate surface area is 156 Å². The van der Waals surface area contributed by atoms with E-state index >= 15 is 0 Å². The summed E-state index contributed by atoms with van der Waals surface area (Å²) in [5.74, 6) is 1.44. The molecule has 0 saturated carbocycles. The van der Waals surface area contributed by atoms with E-state index in [1.807, 2.05) is 55.5 Å². The summed E-state index contributed by atoms with van der Waals surface area (Å²) >= 11 is 0. The van der Waals surface area contributed by atoms with Gasteiger partial charge in [-0.05, 0) is 54.7 Å². The molecule has 140 valence electrons. The van der Waals surface area contributed by atoms with Crippen LogP contribution in [-0.2, 0) is 11.2 Å². The molecule has 0 spiro atoms. The number of carbonyl (C=O) groups excluding carboxylic acids is 1. The van der Waals surface area contributed by atoms with Crippen molar-refractivity contribution in [3.05, 3.63) is 59.7 Å². The lowest BCUT2D eigenvalue weighted by Crippen LogP contribution is -2.39. The maximum Gasteiger partial charge on any atom is 0.261 e. The van der Waals surface area contributed by atoms with Crippen LogP contribution in [0.3, 0.4) is 0 Å². The molecule has 0 saturated heterocycles. The third-order valence-electron chi connectivity index (χ3n) is 4.52. The van der Waals surface area contributed by atoms with Crippen molar-refractivity contribution in [1.82, 2.24) is 5.32 Å². The summed E-state index contributed by atoms with van der Waals surface area (Å²) in [4.78, 5) is 12.7. The van der Waals surface area contributed by atoms with Gasteiger partial charge in [0.15, 0.2) is 6.10 Å². The molecule has 26 heavy (non-hydrogen) atoms. The highest BCUT2D eigenvalue weighted by Crippen LogP contribution is 2.21. The number of methoxy groups -OCH3 is 1. The van der Waals surface area contributed by atoms with E-state index in [2.05, 4.69) is 19.2 Å². The number of nitrogens with one attached hydrogen (secondary N) is 1. The molecule has 4 heteroatoms. The molecule has 1 N–H and O–H groups in total. The minimum Gasteiger partial charge on any atom is -0.497 e. The van der Waals surface area contributed by atoms with Crippen LogP contribution in [0.15, 0.2) is 48.5 Å². The molecule has 0 aliphatic rings. The number of carbonyl (C=O) groups is 1. The summed E-state index contributed by atoms with van der Waals surface area (Å²) in [5, 5.41) is 3.11. The molecule has 1 amide bonds. The van der Waals surface area contributed by atoms with Crippen LogP contribution in [0, 0.1) is 0 Å². The number of hydrogen-bond donors (Lipinski definition) is 1. The van der Waals surface area contributed by atoms with Crippen LogP contribution in [0.1, 0.15) is 50.8 Å². The predicted molar refractivity (Wildman–Crippen MR) is 105 cm³/mol. The number of amides is 1. The highest BCUT2D eigenvalue weighted by atomic mass is 16.5. The van der Waals surface area contributed by atoms with Crippen molar-refractivity contribution >= 4 is 5.91 Å². The van der Waals surface area contributed by atoms with Gasteiger partial charge in [-0.2, -0.15) is 0 Å². The Balaban J connectivity index is 2.03. The van der Waals surface area contributed by atoms with Gasteiger partial charge in [-0.1, -0.05) is 45.0 Å². The van der Waals surface area contributed by atoms with Crippen molar-refractivity contribution < 1.29 is 14.3 Å². The molecule has 0 aromatic heterocycles. The molecule has 2 rings (SSSR count). The Bertz CT molecular complexity index is 680. The molecule has 0 aliphatic heterocycles. The Hall–Kier alpha value is -2.49. The molecule has 4 nitrogen and oxygen atoms in total. The normalized spacial score (nSPS) is 12.9. The fourth-order valence-electron chi connectivity index (χ4n) is 2.81. The maximum absolute atomic E-state index is 12.7. The second-order valence-electron chi connectivity index (χ2n) is 6.25. The lowest BCUT2D eigenvalue weighted by molar-refractivity contribution is -0.128. The first-order chi connectivity index (χ1) is 12.6. The Morgan fingerprint density at radius 2 is 1.54 bits per heavy atom. The quantitative estimate of drug-likeness (QED) is 0.710. The van der Waals surface area contributed by atoms with Gasteiger partial charge < -0.3 is 14.8 Å². The second kappa shape index (κ2) is 9.85. The fraction of sp³-hybridized carbons (Fsp3) is 0.409.